The lowest BCUT2D eigenvalue weighted by atomic mass is 10.1. The second-order valence-corrected chi connectivity index (χ2v) is 5.65. The standard InChI is InChI=1S/C19H15N3O3/c1-12-17-14(18(23)20-11-13-6-3-2-4-7-13)10-15(16-8-5-9-24-16)21-19(17)25-22-12/h2-10H,11H2,1H3,(H,20,23). The molecule has 0 unspecified atom stereocenters. The summed E-state index contributed by atoms with van der Waals surface area (Å²) < 4.78 is 10.6. The Bertz CT molecular complexity index is 1020. The van der Waals surface area contributed by atoms with E-state index in [4.69, 9.17) is 8.94 Å². The van der Waals surface area contributed by atoms with Crippen molar-refractivity contribution >= 4 is 17.0 Å². The fourth-order valence-electron chi connectivity index (χ4n) is 2.70. The van der Waals surface area contributed by atoms with Crippen LogP contribution in [0.4, 0.5) is 0 Å². The molecule has 6 nitrogen and oxygen atoms in total. The van der Waals surface area contributed by atoms with Crippen LogP contribution in [0.25, 0.3) is 22.6 Å². The number of fused-ring (bicyclic) bond motifs is 1. The van der Waals surface area contributed by atoms with E-state index in [0.29, 0.717) is 40.4 Å². The number of rotatable bonds is 4. The third-order valence-corrected chi connectivity index (χ3v) is 3.93. The lowest BCUT2D eigenvalue weighted by molar-refractivity contribution is 0.0952. The summed E-state index contributed by atoms with van der Waals surface area (Å²) in [5.41, 5.74) is 2.95. The molecule has 3 heterocycles. The molecule has 0 aliphatic heterocycles. The van der Waals surface area contributed by atoms with Gasteiger partial charge in [0, 0.05) is 6.54 Å². The number of carbonyl (C=O) groups is 1. The van der Waals surface area contributed by atoms with Crippen molar-refractivity contribution in [2.75, 3.05) is 0 Å². The highest BCUT2D eigenvalue weighted by molar-refractivity contribution is 6.06. The van der Waals surface area contributed by atoms with Gasteiger partial charge in [0.05, 0.1) is 22.9 Å². The van der Waals surface area contributed by atoms with E-state index < -0.39 is 0 Å². The number of hydrogen-bond donors (Lipinski definition) is 1. The second-order valence-electron chi connectivity index (χ2n) is 5.65. The van der Waals surface area contributed by atoms with Crippen LogP contribution in [0.1, 0.15) is 21.6 Å². The molecular weight excluding hydrogens is 318 g/mol. The molecule has 0 fully saturated rings. The number of nitrogens with one attached hydrogen (secondary N) is 1. The van der Waals surface area contributed by atoms with Crippen molar-refractivity contribution in [2.45, 2.75) is 13.5 Å². The van der Waals surface area contributed by atoms with Crippen LogP contribution in [0.2, 0.25) is 0 Å². The van der Waals surface area contributed by atoms with E-state index in [1.54, 1.807) is 31.4 Å². The van der Waals surface area contributed by atoms with E-state index in [2.05, 4.69) is 15.5 Å². The van der Waals surface area contributed by atoms with Gasteiger partial charge in [0.2, 0.25) is 0 Å². The monoisotopic (exact) mass is 333 g/mol. The highest BCUT2D eigenvalue weighted by atomic mass is 16.5. The first-order chi connectivity index (χ1) is 12.2. The van der Waals surface area contributed by atoms with Crippen molar-refractivity contribution in [1.82, 2.24) is 15.5 Å². The molecule has 0 radical (unpaired) electrons. The number of benzene rings is 1. The van der Waals surface area contributed by atoms with Crippen LogP contribution in [0, 0.1) is 6.92 Å². The highest BCUT2D eigenvalue weighted by Crippen LogP contribution is 2.27. The summed E-state index contributed by atoms with van der Waals surface area (Å²) in [5, 5.41) is 7.47. The molecule has 1 aromatic carbocycles. The van der Waals surface area contributed by atoms with Gasteiger partial charge in [-0.3, -0.25) is 4.79 Å². The van der Waals surface area contributed by atoms with Gasteiger partial charge in [0.25, 0.3) is 11.6 Å². The first-order valence-corrected chi connectivity index (χ1v) is 7.85. The number of aryl methyl sites for hydroxylation is 1. The molecule has 0 aliphatic rings. The number of hydrogen-bond acceptors (Lipinski definition) is 5. The summed E-state index contributed by atoms with van der Waals surface area (Å²) in [6, 6.07) is 15.0. The number of carbonyl (C=O) groups excluding carboxylic acids is 1. The van der Waals surface area contributed by atoms with E-state index >= 15 is 0 Å². The normalized spacial score (nSPS) is 10.9. The third kappa shape index (κ3) is 2.89. The van der Waals surface area contributed by atoms with Crippen molar-refractivity contribution in [3.63, 3.8) is 0 Å². The number of amides is 1. The number of pyridine rings is 1. The molecule has 25 heavy (non-hydrogen) atoms. The fraction of sp³-hybridized carbons (Fsp3) is 0.105. The molecule has 4 aromatic rings. The molecule has 6 heteroatoms. The zero-order valence-corrected chi connectivity index (χ0v) is 13.5. The second kappa shape index (κ2) is 6.24. The van der Waals surface area contributed by atoms with Gasteiger partial charge in [-0.15, -0.1) is 0 Å². The Balaban J connectivity index is 1.71. The van der Waals surface area contributed by atoms with Crippen LogP contribution in [0.15, 0.2) is 63.7 Å². The molecule has 1 N–H and O–H groups in total. The van der Waals surface area contributed by atoms with Crippen molar-refractivity contribution < 1.29 is 13.7 Å². The van der Waals surface area contributed by atoms with E-state index in [-0.39, 0.29) is 5.91 Å². The van der Waals surface area contributed by atoms with Gasteiger partial charge in [0.1, 0.15) is 5.69 Å². The van der Waals surface area contributed by atoms with Gasteiger partial charge in [-0.25, -0.2) is 4.98 Å². The van der Waals surface area contributed by atoms with Gasteiger partial charge in [-0.05, 0) is 30.7 Å². The largest absolute Gasteiger partial charge is 0.463 e. The Kier molecular flexibility index (Phi) is 3.78. The number of nitrogens with zero attached hydrogens (tertiary/aromatic N) is 2. The molecule has 0 atom stereocenters. The Morgan fingerprint density at radius 2 is 2.00 bits per heavy atom. The van der Waals surface area contributed by atoms with Crippen LogP contribution in [-0.4, -0.2) is 16.0 Å². The minimum atomic E-state index is -0.213. The SMILES string of the molecule is Cc1noc2nc(-c3ccco3)cc(C(=O)NCc3ccccc3)c12. The maximum absolute atomic E-state index is 12.8. The van der Waals surface area contributed by atoms with E-state index in [1.165, 1.54) is 0 Å². The molecule has 0 bridgehead atoms. The summed E-state index contributed by atoms with van der Waals surface area (Å²) in [6.45, 7) is 2.22. The summed E-state index contributed by atoms with van der Waals surface area (Å²) in [4.78, 5) is 17.2. The summed E-state index contributed by atoms with van der Waals surface area (Å²) in [5.74, 6) is 0.350. The predicted molar refractivity (Wildman–Crippen MR) is 91.9 cm³/mol. The van der Waals surface area contributed by atoms with Crippen molar-refractivity contribution in [3.05, 3.63) is 71.6 Å². The van der Waals surface area contributed by atoms with Gasteiger partial charge >= 0.3 is 0 Å². The average molecular weight is 333 g/mol. The Labute approximate surface area is 143 Å². The molecule has 0 saturated heterocycles. The minimum absolute atomic E-state index is 0.213. The predicted octanol–water partition coefficient (Wildman–Crippen LogP) is 3.72. The smallest absolute Gasteiger partial charge is 0.259 e. The lowest BCUT2D eigenvalue weighted by Gasteiger charge is -2.07. The van der Waals surface area contributed by atoms with Gasteiger partial charge in [0.15, 0.2) is 5.76 Å². The molecule has 0 aliphatic carbocycles. The topological polar surface area (TPSA) is 81.2 Å². The van der Waals surface area contributed by atoms with Crippen LogP contribution in [0.5, 0.6) is 0 Å². The minimum Gasteiger partial charge on any atom is -0.463 e. The van der Waals surface area contributed by atoms with Crippen LogP contribution in [0.3, 0.4) is 0 Å². The van der Waals surface area contributed by atoms with Gasteiger partial charge in [-0.2, -0.15) is 0 Å². The average Bonchev–Trinajstić information content (AvgIpc) is 3.30. The Morgan fingerprint density at radius 1 is 1.16 bits per heavy atom. The van der Waals surface area contributed by atoms with Crippen molar-refractivity contribution in [2.24, 2.45) is 0 Å². The van der Waals surface area contributed by atoms with Crippen LogP contribution >= 0.6 is 0 Å². The first kappa shape index (κ1) is 15.1. The molecule has 3 aromatic heterocycles. The number of furan rings is 1. The van der Waals surface area contributed by atoms with Gasteiger partial charge < -0.3 is 14.3 Å². The van der Waals surface area contributed by atoms with E-state index in [1.807, 2.05) is 30.3 Å². The van der Waals surface area contributed by atoms with Gasteiger partial charge in [-0.1, -0.05) is 35.5 Å². The highest BCUT2D eigenvalue weighted by Gasteiger charge is 2.20. The summed E-state index contributed by atoms with van der Waals surface area (Å²) in [6.07, 6.45) is 1.56. The quantitative estimate of drug-likeness (QED) is 0.615. The fourth-order valence-corrected chi connectivity index (χ4v) is 2.70. The molecular formula is C19H15N3O3. The summed E-state index contributed by atoms with van der Waals surface area (Å²) >= 11 is 0. The maximum atomic E-state index is 12.8. The molecule has 4 rings (SSSR count). The first-order valence-electron chi connectivity index (χ1n) is 7.85. The zero-order chi connectivity index (χ0) is 17.2. The third-order valence-electron chi connectivity index (χ3n) is 3.93. The Morgan fingerprint density at radius 3 is 2.76 bits per heavy atom. The molecule has 0 saturated carbocycles. The maximum Gasteiger partial charge on any atom is 0.259 e. The molecule has 0 spiro atoms. The van der Waals surface area contributed by atoms with Crippen LogP contribution in [-0.2, 0) is 6.54 Å². The van der Waals surface area contributed by atoms with Crippen LogP contribution < -0.4 is 5.32 Å². The molecule has 124 valence electrons. The molecule has 1 amide bonds. The number of aromatic nitrogens is 2. The van der Waals surface area contributed by atoms with Crippen molar-refractivity contribution in [3.8, 4) is 11.5 Å². The Hall–Kier alpha value is -3.41. The zero-order valence-electron chi connectivity index (χ0n) is 13.5. The van der Waals surface area contributed by atoms with Crippen molar-refractivity contribution in [1.29, 1.82) is 0 Å². The summed E-state index contributed by atoms with van der Waals surface area (Å²) in [7, 11) is 0. The van der Waals surface area contributed by atoms with E-state index in [9.17, 15) is 4.79 Å². The van der Waals surface area contributed by atoms with E-state index in [0.717, 1.165) is 5.56 Å². The lowest BCUT2D eigenvalue weighted by Crippen LogP contribution is -2.23.